The number of para-hydroxylation sites is 2. The summed E-state index contributed by atoms with van der Waals surface area (Å²) in [7, 11) is 0. The molecule has 3 rings (SSSR count). The molecule has 0 aliphatic carbocycles. The van der Waals surface area contributed by atoms with Crippen molar-refractivity contribution in [3.05, 3.63) is 54.1 Å². The normalized spacial score (nSPS) is 11.9. The van der Waals surface area contributed by atoms with Crippen molar-refractivity contribution in [2.75, 3.05) is 0 Å². The first kappa shape index (κ1) is 11.7. The molecule has 95 valence electrons. The molecule has 0 fully saturated rings. The number of nitrogens with zero attached hydrogens (tertiary/aromatic N) is 3. The Labute approximate surface area is 106 Å². The van der Waals surface area contributed by atoms with E-state index in [1.54, 1.807) is 24.3 Å². The minimum absolute atomic E-state index is 0.149. The van der Waals surface area contributed by atoms with Crippen LogP contribution in [0.1, 0.15) is 5.56 Å². The summed E-state index contributed by atoms with van der Waals surface area (Å²) in [5, 5.41) is 7.62. The van der Waals surface area contributed by atoms with Gasteiger partial charge < -0.3 is 0 Å². The van der Waals surface area contributed by atoms with Gasteiger partial charge in [0.25, 0.3) is 0 Å². The lowest BCUT2D eigenvalue weighted by atomic mass is 10.1. The maximum atomic E-state index is 13.0. The predicted molar refractivity (Wildman–Crippen MR) is 62.7 cm³/mol. The Balaban J connectivity index is 2.28. The van der Waals surface area contributed by atoms with Gasteiger partial charge in [0.2, 0.25) is 0 Å². The van der Waals surface area contributed by atoms with Gasteiger partial charge in [-0.05, 0) is 18.2 Å². The Hall–Kier alpha value is -2.37. The molecule has 6 heteroatoms. The summed E-state index contributed by atoms with van der Waals surface area (Å²) in [5.74, 6) is 0. The summed E-state index contributed by atoms with van der Waals surface area (Å²) < 4.78 is 40.0. The van der Waals surface area contributed by atoms with E-state index in [1.165, 1.54) is 12.1 Å². The van der Waals surface area contributed by atoms with Gasteiger partial charge in [-0.3, -0.25) is 0 Å². The summed E-state index contributed by atoms with van der Waals surface area (Å²) in [6.07, 6.45) is -4.46. The molecule has 0 N–H and O–H groups in total. The van der Waals surface area contributed by atoms with E-state index in [1.807, 2.05) is 0 Å². The first-order valence-corrected chi connectivity index (χ1v) is 5.46. The first-order valence-electron chi connectivity index (χ1n) is 5.46. The number of aromatic nitrogens is 3. The van der Waals surface area contributed by atoms with Crippen LogP contribution in [0.15, 0.2) is 42.5 Å². The maximum absolute atomic E-state index is 13.0. The van der Waals surface area contributed by atoms with Crippen LogP contribution in [0.4, 0.5) is 13.2 Å². The first-order chi connectivity index (χ1) is 9.07. The molecule has 0 aliphatic rings. The van der Waals surface area contributed by atoms with E-state index < -0.39 is 11.7 Å². The SMILES string of the molecule is FC(F)(F)c1ccc[c]c1-n1nnc2ccccc21. The highest BCUT2D eigenvalue weighted by molar-refractivity contribution is 5.76. The monoisotopic (exact) mass is 262 g/mol. The molecule has 0 aliphatic heterocycles. The molecule has 0 saturated heterocycles. The van der Waals surface area contributed by atoms with E-state index >= 15 is 0 Å². The molecule has 1 aromatic heterocycles. The van der Waals surface area contributed by atoms with Crippen molar-refractivity contribution in [2.45, 2.75) is 6.18 Å². The second-order valence-electron chi connectivity index (χ2n) is 3.92. The van der Waals surface area contributed by atoms with Crippen LogP contribution in [-0.4, -0.2) is 15.0 Å². The number of hydrogen-bond acceptors (Lipinski definition) is 2. The van der Waals surface area contributed by atoms with Crippen LogP contribution in [0, 0.1) is 6.07 Å². The van der Waals surface area contributed by atoms with Gasteiger partial charge in [-0.25, -0.2) is 4.68 Å². The summed E-state index contributed by atoms with van der Waals surface area (Å²) in [6.45, 7) is 0. The molecule has 0 spiro atoms. The highest BCUT2D eigenvalue weighted by Crippen LogP contribution is 2.33. The molecular weight excluding hydrogens is 255 g/mol. The Kier molecular flexibility index (Phi) is 2.51. The lowest BCUT2D eigenvalue weighted by Gasteiger charge is -2.12. The van der Waals surface area contributed by atoms with E-state index in [-0.39, 0.29) is 5.69 Å². The standard InChI is InChI=1S/C13H7F3N3/c14-13(15,16)9-5-1-3-7-11(9)19-12-8-4-2-6-10(12)17-18-19/h1-6,8H. The minimum atomic E-state index is -4.46. The van der Waals surface area contributed by atoms with E-state index in [0.717, 1.165) is 10.7 Å². The van der Waals surface area contributed by atoms with Crippen molar-refractivity contribution in [1.82, 2.24) is 15.0 Å². The predicted octanol–water partition coefficient (Wildman–Crippen LogP) is 3.24. The average Bonchev–Trinajstić information content (AvgIpc) is 2.81. The summed E-state index contributed by atoms with van der Waals surface area (Å²) in [5.41, 5.74) is 0.109. The third-order valence-corrected chi connectivity index (χ3v) is 2.70. The van der Waals surface area contributed by atoms with E-state index in [4.69, 9.17) is 0 Å². The molecule has 3 nitrogen and oxygen atoms in total. The Morgan fingerprint density at radius 1 is 1.05 bits per heavy atom. The number of halogens is 3. The summed E-state index contributed by atoms with van der Waals surface area (Å²) in [4.78, 5) is 0. The second kappa shape index (κ2) is 4.08. The van der Waals surface area contributed by atoms with Gasteiger partial charge in [0.15, 0.2) is 0 Å². The number of alkyl halides is 3. The molecule has 2 aromatic carbocycles. The summed E-state index contributed by atoms with van der Waals surface area (Å²) in [6, 6.07) is 13.1. The molecule has 0 bridgehead atoms. The fourth-order valence-corrected chi connectivity index (χ4v) is 1.87. The molecule has 0 saturated carbocycles. The maximum Gasteiger partial charge on any atom is 0.418 e. The largest absolute Gasteiger partial charge is 0.418 e. The van der Waals surface area contributed by atoms with Gasteiger partial charge in [-0.15, -0.1) is 5.10 Å². The van der Waals surface area contributed by atoms with Crippen LogP contribution in [0.25, 0.3) is 16.7 Å². The van der Waals surface area contributed by atoms with Crippen LogP contribution in [0.5, 0.6) is 0 Å². The minimum Gasteiger partial charge on any atom is -0.212 e. The van der Waals surface area contributed by atoms with Gasteiger partial charge in [0.1, 0.15) is 5.52 Å². The van der Waals surface area contributed by atoms with Crippen LogP contribution in [0.3, 0.4) is 0 Å². The lowest BCUT2D eigenvalue weighted by molar-refractivity contribution is -0.137. The van der Waals surface area contributed by atoms with Crippen LogP contribution >= 0.6 is 0 Å². The fraction of sp³-hybridized carbons (Fsp3) is 0.0769. The Morgan fingerprint density at radius 3 is 2.63 bits per heavy atom. The number of rotatable bonds is 1. The third kappa shape index (κ3) is 1.95. The zero-order valence-electron chi connectivity index (χ0n) is 9.52. The molecule has 19 heavy (non-hydrogen) atoms. The Morgan fingerprint density at radius 2 is 1.84 bits per heavy atom. The van der Waals surface area contributed by atoms with Crippen molar-refractivity contribution in [1.29, 1.82) is 0 Å². The van der Waals surface area contributed by atoms with E-state index in [9.17, 15) is 13.2 Å². The number of hydrogen-bond donors (Lipinski definition) is 0. The molecule has 3 aromatic rings. The van der Waals surface area contributed by atoms with Crippen molar-refractivity contribution >= 4 is 11.0 Å². The number of benzene rings is 2. The van der Waals surface area contributed by atoms with Crippen LogP contribution in [0.2, 0.25) is 0 Å². The van der Waals surface area contributed by atoms with Gasteiger partial charge in [-0.1, -0.05) is 29.5 Å². The highest BCUT2D eigenvalue weighted by atomic mass is 19.4. The summed E-state index contributed by atoms with van der Waals surface area (Å²) >= 11 is 0. The van der Waals surface area contributed by atoms with Gasteiger partial charge >= 0.3 is 6.18 Å². The third-order valence-electron chi connectivity index (χ3n) is 2.70. The Bertz CT molecular complexity index is 731. The molecule has 1 heterocycles. The van der Waals surface area contributed by atoms with Gasteiger partial charge in [-0.2, -0.15) is 13.2 Å². The van der Waals surface area contributed by atoms with Gasteiger partial charge in [0, 0.05) is 6.07 Å². The quantitative estimate of drug-likeness (QED) is 0.674. The van der Waals surface area contributed by atoms with Crippen molar-refractivity contribution < 1.29 is 13.2 Å². The van der Waals surface area contributed by atoms with Crippen molar-refractivity contribution in [2.24, 2.45) is 0 Å². The zero-order valence-corrected chi connectivity index (χ0v) is 9.52. The lowest BCUT2D eigenvalue weighted by Crippen LogP contribution is -2.11. The second-order valence-corrected chi connectivity index (χ2v) is 3.92. The van der Waals surface area contributed by atoms with E-state index in [0.29, 0.717) is 11.0 Å². The van der Waals surface area contributed by atoms with Crippen LogP contribution < -0.4 is 0 Å². The van der Waals surface area contributed by atoms with Gasteiger partial charge in [0.05, 0.1) is 16.8 Å². The highest BCUT2D eigenvalue weighted by Gasteiger charge is 2.34. The van der Waals surface area contributed by atoms with Crippen molar-refractivity contribution in [3.8, 4) is 5.69 Å². The van der Waals surface area contributed by atoms with E-state index in [2.05, 4.69) is 16.4 Å². The molecule has 0 amide bonds. The molecule has 0 atom stereocenters. The smallest absolute Gasteiger partial charge is 0.212 e. The molecule has 0 unspecified atom stereocenters. The average molecular weight is 262 g/mol. The molecule has 1 radical (unpaired) electrons. The topological polar surface area (TPSA) is 30.7 Å². The number of fused-ring (bicyclic) bond motifs is 1. The molecular formula is C13H7F3N3. The zero-order chi connectivity index (χ0) is 13.5. The fourth-order valence-electron chi connectivity index (χ4n) is 1.87. The van der Waals surface area contributed by atoms with Crippen LogP contribution in [-0.2, 0) is 6.18 Å². The van der Waals surface area contributed by atoms with Crippen molar-refractivity contribution in [3.63, 3.8) is 0 Å².